The minimum absolute atomic E-state index is 0.721. The highest BCUT2D eigenvalue weighted by Crippen LogP contribution is 2.28. The molecule has 0 fully saturated rings. The minimum Gasteiger partial charge on any atom is -0.398 e. The molecule has 100 valence electrons. The first-order chi connectivity index (χ1) is 8.76. The third-order valence-corrected chi connectivity index (χ3v) is 4.03. The van der Waals surface area contributed by atoms with Crippen molar-refractivity contribution in [2.45, 2.75) is 52.0 Å². The second-order valence-electron chi connectivity index (χ2n) is 5.42. The normalized spacial score (nSPS) is 18.9. The van der Waals surface area contributed by atoms with E-state index >= 15 is 0 Å². The van der Waals surface area contributed by atoms with E-state index in [-0.39, 0.29) is 0 Å². The Morgan fingerprint density at radius 1 is 1.22 bits per heavy atom. The molecule has 0 aliphatic heterocycles. The van der Waals surface area contributed by atoms with Gasteiger partial charge in [-0.15, -0.1) is 0 Å². The molecule has 0 unspecified atom stereocenters. The molecule has 2 N–H and O–H groups in total. The van der Waals surface area contributed by atoms with Crippen molar-refractivity contribution < 1.29 is 0 Å². The molecule has 2 rings (SSSR count). The molecule has 2 nitrogen and oxygen atoms in total. The largest absolute Gasteiger partial charge is 0.398 e. The predicted molar refractivity (Wildman–Crippen MR) is 78.8 cm³/mol. The molecule has 0 saturated heterocycles. The number of hydrogen-bond acceptors (Lipinski definition) is 2. The van der Waals surface area contributed by atoms with Crippen molar-refractivity contribution in [1.82, 2.24) is 4.90 Å². The standard InChI is InChI=1S/C16H26N2/c1-3-10-18(11-4-2)14-8-9-15-13(12-14)6-5-7-16(15)17/h5-7,14H,3-4,8-12,17H2,1-2H3/t14-/m0/s1. The Hall–Kier alpha value is -1.02. The van der Waals surface area contributed by atoms with Crippen LogP contribution in [0.15, 0.2) is 18.2 Å². The van der Waals surface area contributed by atoms with Crippen LogP contribution >= 0.6 is 0 Å². The van der Waals surface area contributed by atoms with E-state index in [1.807, 2.05) is 6.07 Å². The summed E-state index contributed by atoms with van der Waals surface area (Å²) in [6.45, 7) is 7.02. The molecule has 0 saturated carbocycles. The Kier molecular flexibility index (Phi) is 4.65. The second kappa shape index (κ2) is 6.24. The zero-order valence-corrected chi connectivity index (χ0v) is 11.8. The van der Waals surface area contributed by atoms with Crippen LogP contribution in [0.4, 0.5) is 5.69 Å². The third kappa shape index (κ3) is 2.86. The fourth-order valence-corrected chi connectivity index (χ4v) is 3.18. The van der Waals surface area contributed by atoms with Gasteiger partial charge in [-0.3, -0.25) is 0 Å². The summed E-state index contributed by atoms with van der Waals surface area (Å²) >= 11 is 0. The lowest BCUT2D eigenvalue weighted by atomic mass is 9.86. The molecule has 0 radical (unpaired) electrons. The van der Waals surface area contributed by atoms with Crippen LogP contribution in [0.1, 0.15) is 44.2 Å². The van der Waals surface area contributed by atoms with Crippen LogP contribution in [0.2, 0.25) is 0 Å². The lowest BCUT2D eigenvalue weighted by Crippen LogP contribution is -2.40. The Morgan fingerprint density at radius 3 is 2.61 bits per heavy atom. The lowest BCUT2D eigenvalue weighted by Gasteiger charge is -2.35. The lowest BCUT2D eigenvalue weighted by molar-refractivity contribution is 0.180. The average molecular weight is 246 g/mol. The number of fused-ring (bicyclic) bond motifs is 1. The first kappa shape index (κ1) is 13.4. The van der Waals surface area contributed by atoms with Crippen LogP contribution in [0.3, 0.4) is 0 Å². The molecule has 2 heteroatoms. The zero-order valence-electron chi connectivity index (χ0n) is 11.8. The van der Waals surface area contributed by atoms with E-state index in [2.05, 4.69) is 30.9 Å². The van der Waals surface area contributed by atoms with E-state index in [0.29, 0.717) is 0 Å². The Labute approximate surface area is 111 Å². The summed E-state index contributed by atoms with van der Waals surface area (Å²) in [5.74, 6) is 0. The highest BCUT2D eigenvalue weighted by molar-refractivity contribution is 5.52. The molecule has 0 heterocycles. The van der Waals surface area contributed by atoms with E-state index in [4.69, 9.17) is 5.73 Å². The van der Waals surface area contributed by atoms with Gasteiger partial charge in [-0.1, -0.05) is 26.0 Å². The van der Waals surface area contributed by atoms with E-state index < -0.39 is 0 Å². The van der Waals surface area contributed by atoms with Gasteiger partial charge in [0.1, 0.15) is 0 Å². The van der Waals surface area contributed by atoms with Gasteiger partial charge in [-0.05, 0) is 62.4 Å². The Balaban J connectivity index is 2.10. The molecule has 0 amide bonds. The van der Waals surface area contributed by atoms with E-state index in [1.54, 1.807) is 0 Å². The zero-order chi connectivity index (χ0) is 13.0. The van der Waals surface area contributed by atoms with Crippen LogP contribution in [-0.2, 0) is 12.8 Å². The molecule has 0 spiro atoms. The van der Waals surface area contributed by atoms with E-state index in [9.17, 15) is 0 Å². The van der Waals surface area contributed by atoms with Crippen molar-refractivity contribution in [2.75, 3.05) is 18.8 Å². The minimum atomic E-state index is 0.721. The number of hydrogen-bond donors (Lipinski definition) is 1. The van der Waals surface area contributed by atoms with Crippen molar-refractivity contribution in [3.05, 3.63) is 29.3 Å². The molecular formula is C16H26N2. The number of nitrogen functional groups attached to an aromatic ring is 1. The highest BCUT2D eigenvalue weighted by atomic mass is 15.1. The summed E-state index contributed by atoms with van der Waals surface area (Å²) in [5, 5.41) is 0. The highest BCUT2D eigenvalue weighted by Gasteiger charge is 2.24. The monoisotopic (exact) mass is 246 g/mol. The summed E-state index contributed by atoms with van der Waals surface area (Å²) in [4.78, 5) is 2.67. The smallest absolute Gasteiger partial charge is 0.0349 e. The molecule has 1 aliphatic rings. The maximum absolute atomic E-state index is 6.07. The Bertz CT molecular complexity index is 381. The van der Waals surface area contributed by atoms with Crippen LogP contribution < -0.4 is 5.73 Å². The number of nitrogens with zero attached hydrogens (tertiary/aromatic N) is 1. The van der Waals surface area contributed by atoms with Crippen LogP contribution in [0, 0.1) is 0 Å². The molecule has 18 heavy (non-hydrogen) atoms. The van der Waals surface area contributed by atoms with Crippen LogP contribution in [0.25, 0.3) is 0 Å². The number of nitrogens with two attached hydrogens (primary N) is 1. The van der Waals surface area contributed by atoms with Gasteiger partial charge in [0.15, 0.2) is 0 Å². The second-order valence-corrected chi connectivity index (χ2v) is 5.42. The summed E-state index contributed by atoms with van der Waals surface area (Å²) in [7, 11) is 0. The SMILES string of the molecule is CCCN(CCC)[C@H]1CCc2c(N)cccc2C1. The number of benzene rings is 1. The quantitative estimate of drug-likeness (QED) is 0.808. The first-order valence-corrected chi connectivity index (χ1v) is 7.36. The molecule has 1 aromatic carbocycles. The molecular weight excluding hydrogens is 220 g/mol. The molecule has 1 aliphatic carbocycles. The van der Waals surface area contributed by atoms with Crippen molar-refractivity contribution in [2.24, 2.45) is 0 Å². The fourth-order valence-electron chi connectivity index (χ4n) is 3.18. The molecule has 0 aromatic heterocycles. The predicted octanol–water partition coefficient (Wildman–Crippen LogP) is 3.25. The molecule has 1 aromatic rings. The van der Waals surface area contributed by atoms with Gasteiger partial charge in [0, 0.05) is 11.7 Å². The Morgan fingerprint density at radius 2 is 1.94 bits per heavy atom. The molecule has 1 atom stereocenters. The van der Waals surface area contributed by atoms with Crippen molar-refractivity contribution in [3.8, 4) is 0 Å². The number of anilines is 1. The van der Waals surface area contributed by atoms with Gasteiger partial charge in [0.25, 0.3) is 0 Å². The van der Waals surface area contributed by atoms with Gasteiger partial charge in [-0.25, -0.2) is 0 Å². The first-order valence-electron chi connectivity index (χ1n) is 7.36. The van der Waals surface area contributed by atoms with Crippen LogP contribution in [-0.4, -0.2) is 24.0 Å². The maximum atomic E-state index is 6.07. The topological polar surface area (TPSA) is 29.3 Å². The summed E-state index contributed by atoms with van der Waals surface area (Å²) in [6.07, 6.45) is 6.10. The van der Waals surface area contributed by atoms with E-state index in [1.165, 1.54) is 49.9 Å². The fraction of sp³-hybridized carbons (Fsp3) is 0.625. The van der Waals surface area contributed by atoms with Gasteiger partial charge >= 0.3 is 0 Å². The summed E-state index contributed by atoms with van der Waals surface area (Å²) in [6, 6.07) is 7.11. The van der Waals surface area contributed by atoms with Crippen molar-refractivity contribution in [3.63, 3.8) is 0 Å². The van der Waals surface area contributed by atoms with Gasteiger partial charge < -0.3 is 10.6 Å². The van der Waals surface area contributed by atoms with Gasteiger partial charge in [0.05, 0.1) is 0 Å². The summed E-state index contributed by atoms with van der Waals surface area (Å²) in [5.41, 5.74) is 9.94. The molecule has 0 bridgehead atoms. The average Bonchev–Trinajstić information content (AvgIpc) is 2.38. The maximum Gasteiger partial charge on any atom is 0.0349 e. The van der Waals surface area contributed by atoms with Crippen molar-refractivity contribution in [1.29, 1.82) is 0 Å². The summed E-state index contributed by atoms with van der Waals surface area (Å²) < 4.78 is 0. The van der Waals surface area contributed by atoms with Crippen molar-refractivity contribution >= 4 is 5.69 Å². The third-order valence-electron chi connectivity index (χ3n) is 4.03. The van der Waals surface area contributed by atoms with Crippen LogP contribution in [0.5, 0.6) is 0 Å². The number of rotatable bonds is 5. The van der Waals surface area contributed by atoms with Gasteiger partial charge in [0.2, 0.25) is 0 Å². The van der Waals surface area contributed by atoms with Gasteiger partial charge in [-0.2, -0.15) is 0 Å². The van der Waals surface area contributed by atoms with E-state index in [0.717, 1.165) is 18.2 Å².